The van der Waals surface area contributed by atoms with Gasteiger partial charge < -0.3 is 9.15 Å². The first-order valence-electron chi connectivity index (χ1n) is 10.4. The molecule has 3 aromatic carbocycles. The molecule has 33 heavy (non-hydrogen) atoms. The van der Waals surface area contributed by atoms with Gasteiger partial charge in [0.1, 0.15) is 23.0 Å². The lowest BCUT2D eigenvalue weighted by molar-refractivity contribution is 0.414. The Morgan fingerprint density at radius 3 is 2.42 bits per heavy atom. The summed E-state index contributed by atoms with van der Waals surface area (Å²) in [5.41, 5.74) is 0.568. The van der Waals surface area contributed by atoms with Crippen LogP contribution in [0.3, 0.4) is 0 Å². The standard InChI is InChI=1S/C26H19FN2O4/c1-15(16-6-4-3-5-7-16)29-24(17-8-10-18(27)11-9-17)28-25-22(26(29)31)23(30)20-13-12-19(32-2)14-21(20)33-25/h3-15H,1-2H3. The maximum absolute atomic E-state index is 13.8. The van der Waals surface area contributed by atoms with Crippen LogP contribution < -0.4 is 15.7 Å². The predicted molar refractivity (Wildman–Crippen MR) is 124 cm³/mol. The molecule has 5 rings (SSSR count). The second-order valence-corrected chi connectivity index (χ2v) is 7.68. The van der Waals surface area contributed by atoms with Gasteiger partial charge in [0.2, 0.25) is 11.1 Å². The molecular formula is C26H19FN2O4. The number of ether oxygens (including phenoxy) is 1. The van der Waals surface area contributed by atoms with Crippen LogP contribution in [0.2, 0.25) is 0 Å². The Hall–Kier alpha value is -4.26. The molecule has 0 aliphatic carbocycles. The Bertz CT molecular complexity index is 1610. The zero-order valence-electron chi connectivity index (χ0n) is 17.9. The molecule has 2 aromatic heterocycles. The Labute approximate surface area is 187 Å². The van der Waals surface area contributed by atoms with Crippen molar-refractivity contribution >= 4 is 22.1 Å². The Balaban J connectivity index is 1.89. The number of benzene rings is 3. The van der Waals surface area contributed by atoms with Crippen molar-refractivity contribution in [1.82, 2.24) is 9.55 Å². The van der Waals surface area contributed by atoms with Crippen molar-refractivity contribution in [3.05, 3.63) is 105 Å². The summed E-state index contributed by atoms with van der Waals surface area (Å²) in [6.07, 6.45) is 0. The van der Waals surface area contributed by atoms with E-state index < -0.39 is 22.8 Å². The molecule has 0 fully saturated rings. The van der Waals surface area contributed by atoms with Gasteiger partial charge in [-0.1, -0.05) is 30.3 Å². The average Bonchev–Trinajstić information content (AvgIpc) is 2.84. The van der Waals surface area contributed by atoms with E-state index in [4.69, 9.17) is 9.15 Å². The van der Waals surface area contributed by atoms with E-state index in [9.17, 15) is 14.0 Å². The van der Waals surface area contributed by atoms with E-state index in [0.29, 0.717) is 11.3 Å². The number of aromatic nitrogens is 2. The maximum Gasteiger partial charge on any atom is 0.269 e. The van der Waals surface area contributed by atoms with E-state index in [2.05, 4.69) is 4.98 Å². The van der Waals surface area contributed by atoms with Crippen LogP contribution in [0, 0.1) is 5.82 Å². The molecule has 0 N–H and O–H groups in total. The lowest BCUT2D eigenvalue weighted by Crippen LogP contribution is -2.30. The first-order chi connectivity index (χ1) is 16.0. The molecule has 2 heterocycles. The van der Waals surface area contributed by atoms with Crippen molar-refractivity contribution in [2.24, 2.45) is 0 Å². The lowest BCUT2D eigenvalue weighted by Gasteiger charge is -2.20. The minimum Gasteiger partial charge on any atom is -0.497 e. The minimum atomic E-state index is -0.526. The molecule has 7 heteroatoms. The van der Waals surface area contributed by atoms with E-state index in [1.54, 1.807) is 30.3 Å². The van der Waals surface area contributed by atoms with Gasteiger partial charge in [-0.05, 0) is 48.9 Å². The number of halogens is 1. The van der Waals surface area contributed by atoms with Gasteiger partial charge in [0.25, 0.3) is 5.56 Å². The fraction of sp³-hybridized carbons (Fsp3) is 0.115. The molecule has 5 aromatic rings. The van der Waals surface area contributed by atoms with E-state index in [1.165, 1.54) is 23.8 Å². The van der Waals surface area contributed by atoms with Gasteiger partial charge in [-0.2, -0.15) is 4.98 Å². The van der Waals surface area contributed by atoms with Gasteiger partial charge >= 0.3 is 0 Å². The number of rotatable bonds is 4. The Morgan fingerprint density at radius 2 is 1.73 bits per heavy atom. The smallest absolute Gasteiger partial charge is 0.269 e. The third-order valence-electron chi connectivity index (χ3n) is 5.72. The molecule has 6 nitrogen and oxygen atoms in total. The fourth-order valence-corrected chi connectivity index (χ4v) is 3.97. The molecule has 0 aliphatic heterocycles. The van der Waals surface area contributed by atoms with Crippen molar-refractivity contribution in [2.75, 3.05) is 7.11 Å². The number of hydrogen-bond acceptors (Lipinski definition) is 5. The van der Waals surface area contributed by atoms with E-state index in [0.717, 1.165) is 5.56 Å². The van der Waals surface area contributed by atoms with Gasteiger partial charge in [-0.15, -0.1) is 0 Å². The lowest BCUT2D eigenvalue weighted by atomic mass is 10.1. The first kappa shape index (κ1) is 20.6. The fourth-order valence-electron chi connectivity index (χ4n) is 3.97. The van der Waals surface area contributed by atoms with Crippen LogP contribution in [-0.4, -0.2) is 16.7 Å². The SMILES string of the molecule is COc1ccc2c(=O)c3c(=O)n(C(C)c4ccccc4)c(-c4ccc(F)cc4)nc3oc2c1. The third-order valence-corrected chi connectivity index (χ3v) is 5.72. The van der Waals surface area contributed by atoms with Gasteiger partial charge in [0.05, 0.1) is 18.5 Å². The summed E-state index contributed by atoms with van der Waals surface area (Å²) in [5.74, 6) is 0.373. The topological polar surface area (TPSA) is 74.3 Å². The average molecular weight is 442 g/mol. The van der Waals surface area contributed by atoms with E-state index >= 15 is 0 Å². The largest absolute Gasteiger partial charge is 0.497 e. The number of fused-ring (bicyclic) bond motifs is 2. The quantitative estimate of drug-likeness (QED) is 0.369. The van der Waals surface area contributed by atoms with Crippen LogP contribution in [0.25, 0.3) is 33.5 Å². The van der Waals surface area contributed by atoms with Crippen LogP contribution in [0.15, 0.2) is 86.8 Å². The highest BCUT2D eigenvalue weighted by atomic mass is 19.1. The first-order valence-corrected chi connectivity index (χ1v) is 10.4. The highest BCUT2D eigenvalue weighted by molar-refractivity contribution is 5.89. The van der Waals surface area contributed by atoms with Crippen LogP contribution in [0.4, 0.5) is 4.39 Å². The minimum absolute atomic E-state index is 0.0819. The monoisotopic (exact) mass is 442 g/mol. The van der Waals surface area contributed by atoms with Gasteiger partial charge in [0, 0.05) is 11.6 Å². The second-order valence-electron chi connectivity index (χ2n) is 7.68. The molecule has 0 radical (unpaired) electrons. The predicted octanol–water partition coefficient (Wildman–Crippen LogP) is 4.93. The Kier molecular flexibility index (Phi) is 5.01. The van der Waals surface area contributed by atoms with Crippen LogP contribution in [0.5, 0.6) is 5.75 Å². The highest BCUT2D eigenvalue weighted by Gasteiger charge is 2.23. The summed E-state index contributed by atoms with van der Waals surface area (Å²) in [4.78, 5) is 31.6. The molecule has 164 valence electrons. The van der Waals surface area contributed by atoms with Gasteiger partial charge in [0.15, 0.2) is 5.39 Å². The van der Waals surface area contributed by atoms with Gasteiger partial charge in [-0.3, -0.25) is 14.2 Å². The van der Waals surface area contributed by atoms with Crippen molar-refractivity contribution in [1.29, 1.82) is 0 Å². The molecule has 1 unspecified atom stereocenters. The molecular weight excluding hydrogens is 423 g/mol. The molecule has 0 saturated heterocycles. The van der Waals surface area contributed by atoms with E-state index in [1.807, 2.05) is 37.3 Å². The summed E-state index contributed by atoms with van der Waals surface area (Å²) in [6.45, 7) is 1.85. The number of methoxy groups -OCH3 is 1. The molecule has 0 saturated carbocycles. The van der Waals surface area contributed by atoms with Crippen LogP contribution in [-0.2, 0) is 0 Å². The molecule has 0 bridgehead atoms. The van der Waals surface area contributed by atoms with Crippen molar-refractivity contribution in [2.45, 2.75) is 13.0 Å². The van der Waals surface area contributed by atoms with Crippen LogP contribution >= 0.6 is 0 Å². The normalized spacial score (nSPS) is 12.2. The zero-order chi connectivity index (χ0) is 23.1. The zero-order valence-corrected chi connectivity index (χ0v) is 17.9. The van der Waals surface area contributed by atoms with Gasteiger partial charge in [-0.25, -0.2) is 4.39 Å². The van der Waals surface area contributed by atoms with Crippen molar-refractivity contribution < 1.29 is 13.5 Å². The molecule has 0 spiro atoms. The highest BCUT2D eigenvalue weighted by Crippen LogP contribution is 2.27. The Morgan fingerprint density at radius 1 is 1.00 bits per heavy atom. The summed E-state index contributed by atoms with van der Waals surface area (Å²) >= 11 is 0. The van der Waals surface area contributed by atoms with E-state index in [-0.39, 0.29) is 27.9 Å². The molecule has 0 amide bonds. The van der Waals surface area contributed by atoms with Crippen molar-refractivity contribution in [3.63, 3.8) is 0 Å². The maximum atomic E-state index is 13.8. The van der Waals surface area contributed by atoms with Crippen molar-refractivity contribution in [3.8, 4) is 17.1 Å². The summed E-state index contributed by atoms with van der Waals surface area (Å²) in [7, 11) is 1.51. The number of nitrogens with zero attached hydrogens (tertiary/aromatic N) is 2. The second kappa shape index (κ2) is 8.02. The molecule has 0 aliphatic rings. The summed E-state index contributed by atoms with van der Waals surface area (Å²) < 4.78 is 26.2. The summed E-state index contributed by atoms with van der Waals surface area (Å²) in [5, 5.41) is 0.122. The van der Waals surface area contributed by atoms with Crippen LogP contribution in [0.1, 0.15) is 18.5 Å². The third kappa shape index (κ3) is 3.47. The molecule has 1 atom stereocenters. The number of hydrogen-bond donors (Lipinski definition) is 0. The summed E-state index contributed by atoms with van der Waals surface area (Å²) in [6, 6.07) is 19.4.